The number of rotatable bonds is 4. The third-order valence-electron chi connectivity index (χ3n) is 2.76. The molecule has 0 spiro atoms. The highest BCUT2D eigenvalue weighted by Gasteiger charge is 2.13. The van der Waals surface area contributed by atoms with E-state index < -0.39 is 11.8 Å². The zero-order chi connectivity index (χ0) is 13.8. The van der Waals surface area contributed by atoms with E-state index in [4.69, 9.17) is 5.73 Å². The number of nitrogen functional groups attached to an aromatic ring is 1. The number of halogens is 1. The maximum Gasteiger partial charge on any atom is 0.337 e. The van der Waals surface area contributed by atoms with E-state index in [1.54, 1.807) is 17.8 Å². The molecule has 2 aromatic rings. The van der Waals surface area contributed by atoms with E-state index >= 15 is 0 Å². The Morgan fingerprint density at radius 2 is 2.26 bits per heavy atom. The van der Waals surface area contributed by atoms with Crippen molar-refractivity contribution in [3.05, 3.63) is 45.7 Å². The van der Waals surface area contributed by atoms with E-state index in [0.29, 0.717) is 18.4 Å². The van der Waals surface area contributed by atoms with Gasteiger partial charge in [-0.25, -0.2) is 9.18 Å². The van der Waals surface area contributed by atoms with Crippen molar-refractivity contribution in [3.8, 4) is 0 Å². The molecule has 0 aliphatic rings. The Hall–Kier alpha value is -1.95. The van der Waals surface area contributed by atoms with Gasteiger partial charge in [0.25, 0.3) is 0 Å². The molecule has 0 bridgehead atoms. The van der Waals surface area contributed by atoms with Gasteiger partial charge in [-0.3, -0.25) is 4.98 Å². The molecule has 0 amide bonds. The van der Waals surface area contributed by atoms with Crippen LogP contribution in [0.15, 0.2) is 23.8 Å². The molecule has 4 nitrogen and oxygen atoms in total. The predicted octanol–water partition coefficient (Wildman–Crippen LogP) is 2.44. The quantitative estimate of drug-likeness (QED) is 0.690. The Labute approximate surface area is 114 Å². The number of carbonyl (C=O) groups excluding carboxylic acids is 1. The summed E-state index contributed by atoms with van der Waals surface area (Å²) in [5.41, 5.74) is 8.29. The molecule has 2 N–H and O–H groups in total. The van der Waals surface area contributed by atoms with Gasteiger partial charge in [0.1, 0.15) is 5.82 Å². The minimum atomic E-state index is -0.595. The van der Waals surface area contributed by atoms with Crippen LogP contribution >= 0.6 is 11.3 Å². The molecule has 0 aliphatic carbocycles. The summed E-state index contributed by atoms with van der Waals surface area (Å²) in [4.78, 5) is 16.5. The number of thiazole rings is 1. The number of hydrogen-bond acceptors (Lipinski definition) is 5. The zero-order valence-corrected chi connectivity index (χ0v) is 11.2. The fourth-order valence-electron chi connectivity index (χ4n) is 1.74. The van der Waals surface area contributed by atoms with Crippen LogP contribution in [0.5, 0.6) is 0 Å². The number of hydrogen-bond donors (Lipinski definition) is 1. The number of esters is 1. The van der Waals surface area contributed by atoms with Crippen LogP contribution in [0, 0.1) is 5.82 Å². The third-order valence-corrected chi connectivity index (χ3v) is 3.60. The van der Waals surface area contributed by atoms with Crippen LogP contribution in [0.25, 0.3) is 0 Å². The van der Waals surface area contributed by atoms with Crippen LogP contribution < -0.4 is 5.73 Å². The summed E-state index contributed by atoms with van der Waals surface area (Å²) in [5, 5.41) is 0. The smallest absolute Gasteiger partial charge is 0.337 e. The van der Waals surface area contributed by atoms with Crippen molar-refractivity contribution in [1.82, 2.24) is 4.98 Å². The average Bonchev–Trinajstić information content (AvgIpc) is 2.92. The van der Waals surface area contributed by atoms with Gasteiger partial charge in [-0.05, 0) is 30.5 Å². The molecule has 1 aromatic heterocycles. The molecular formula is C13H13FN2O2S. The van der Waals surface area contributed by atoms with Crippen molar-refractivity contribution < 1.29 is 13.9 Å². The van der Waals surface area contributed by atoms with Crippen LogP contribution in [0.1, 0.15) is 20.8 Å². The van der Waals surface area contributed by atoms with E-state index in [2.05, 4.69) is 9.72 Å². The van der Waals surface area contributed by atoms with Gasteiger partial charge in [-0.15, -0.1) is 11.3 Å². The molecular weight excluding hydrogens is 267 g/mol. The summed E-state index contributed by atoms with van der Waals surface area (Å²) in [7, 11) is 1.26. The average molecular weight is 280 g/mol. The monoisotopic (exact) mass is 280 g/mol. The van der Waals surface area contributed by atoms with E-state index in [1.807, 2.05) is 0 Å². The molecule has 1 aromatic carbocycles. The molecule has 0 unspecified atom stereocenters. The van der Waals surface area contributed by atoms with E-state index in [1.165, 1.54) is 18.4 Å². The Morgan fingerprint density at radius 3 is 2.89 bits per heavy atom. The van der Waals surface area contributed by atoms with Gasteiger partial charge < -0.3 is 10.5 Å². The largest absolute Gasteiger partial charge is 0.465 e. The molecule has 2 rings (SSSR count). The first-order chi connectivity index (χ1) is 9.11. The van der Waals surface area contributed by atoms with Crippen LogP contribution in [-0.4, -0.2) is 18.1 Å². The Kier molecular flexibility index (Phi) is 4.11. The minimum absolute atomic E-state index is 0.0807. The summed E-state index contributed by atoms with van der Waals surface area (Å²) in [6.07, 6.45) is 3.02. The molecule has 0 atom stereocenters. The van der Waals surface area contributed by atoms with E-state index in [-0.39, 0.29) is 11.3 Å². The number of nitrogens with zero attached hydrogens (tertiary/aromatic N) is 1. The van der Waals surface area contributed by atoms with Crippen molar-refractivity contribution in [2.75, 3.05) is 12.8 Å². The summed E-state index contributed by atoms with van der Waals surface area (Å²) in [6, 6.07) is 2.67. The number of methoxy groups -OCH3 is 1. The standard InChI is InChI=1S/C13H13FN2O2S/c1-18-13(17)9-4-8(12(15)11(14)5-9)2-3-10-6-16-7-19-10/h4-7H,2-3,15H2,1H3. The second-order valence-corrected chi connectivity index (χ2v) is 4.96. The number of carbonyl (C=O) groups is 1. The fourth-order valence-corrected chi connectivity index (χ4v) is 2.34. The number of benzene rings is 1. The second kappa shape index (κ2) is 5.79. The number of aryl methyl sites for hydroxylation is 2. The molecule has 0 radical (unpaired) electrons. The maximum absolute atomic E-state index is 13.7. The van der Waals surface area contributed by atoms with Crippen molar-refractivity contribution >= 4 is 23.0 Å². The molecule has 100 valence electrons. The van der Waals surface area contributed by atoms with Crippen molar-refractivity contribution in [1.29, 1.82) is 0 Å². The molecule has 6 heteroatoms. The Balaban J connectivity index is 2.23. The highest BCUT2D eigenvalue weighted by molar-refractivity contribution is 7.09. The lowest BCUT2D eigenvalue weighted by molar-refractivity contribution is 0.0600. The van der Waals surface area contributed by atoms with Crippen LogP contribution in [0.4, 0.5) is 10.1 Å². The van der Waals surface area contributed by atoms with Crippen LogP contribution in [0.3, 0.4) is 0 Å². The summed E-state index contributed by atoms with van der Waals surface area (Å²) in [5.74, 6) is -1.17. The highest BCUT2D eigenvalue weighted by Crippen LogP contribution is 2.22. The lowest BCUT2D eigenvalue weighted by atomic mass is 10.0. The van der Waals surface area contributed by atoms with Gasteiger partial charge in [0.05, 0.1) is 23.9 Å². The maximum atomic E-state index is 13.7. The van der Waals surface area contributed by atoms with Crippen molar-refractivity contribution in [3.63, 3.8) is 0 Å². The first kappa shape index (κ1) is 13.5. The first-order valence-electron chi connectivity index (χ1n) is 5.65. The number of aromatic nitrogens is 1. The van der Waals surface area contributed by atoms with E-state index in [9.17, 15) is 9.18 Å². The van der Waals surface area contributed by atoms with E-state index in [0.717, 1.165) is 10.9 Å². The zero-order valence-electron chi connectivity index (χ0n) is 10.4. The second-order valence-electron chi connectivity index (χ2n) is 3.99. The van der Waals surface area contributed by atoms with Gasteiger partial charge in [0, 0.05) is 11.1 Å². The van der Waals surface area contributed by atoms with Crippen LogP contribution in [-0.2, 0) is 17.6 Å². The number of nitrogens with two attached hydrogens (primary N) is 1. The minimum Gasteiger partial charge on any atom is -0.465 e. The molecule has 0 saturated heterocycles. The lowest BCUT2D eigenvalue weighted by Crippen LogP contribution is -2.07. The summed E-state index contributed by atoms with van der Waals surface area (Å²) >= 11 is 1.53. The lowest BCUT2D eigenvalue weighted by Gasteiger charge is -2.08. The SMILES string of the molecule is COC(=O)c1cc(F)c(N)c(CCc2cncs2)c1. The van der Waals surface area contributed by atoms with Gasteiger partial charge in [-0.1, -0.05) is 0 Å². The first-order valence-corrected chi connectivity index (χ1v) is 6.53. The molecule has 1 heterocycles. The summed E-state index contributed by atoms with van der Waals surface area (Å²) in [6.45, 7) is 0. The molecule has 0 saturated carbocycles. The number of anilines is 1. The van der Waals surface area contributed by atoms with Crippen LogP contribution in [0.2, 0.25) is 0 Å². The van der Waals surface area contributed by atoms with Crippen molar-refractivity contribution in [2.45, 2.75) is 12.8 Å². The molecule has 0 aliphatic heterocycles. The fraction of sp³-hybridized carbons (Fsp3) is 0.231. The summed E-state index contributed by atoms with van der Waals surface area (Å²) < 4.78 is 18.2. The normalized spacial score (nSPS) is 10.4. The Morgan fingerprint density at radius 1 is 1.47 bits per heavy atom. The third kappa shape index (κ3) is 3.08. The Bertz CT molecular complexity index is 585. The van der Waals surface area contributed by atoms with Gasteiger partial charge >= 0.3 is 5.97 Å². The number of ether oxygens (including phenoxy) is 1. The predicted molar refractivity (Wildman–Crippen MR) is 71.7 cm³/mol. The molecule has 0 fully saturated rings. The molecule has 19 heavy (non-hydrogen) atoms. The van der Waals surface area contributed by atoms with Gasteiger partial charge in [0.15, 0.2) is 0 Å². The van der Waals surface area contributed by atoms with Gasteiger partial charge in [0.2, 0.25) is 0 Å². The highest BCUT2D eigenvalue weighted by atomic mass is 32.1. The topological polar surface area (TPSA) is 65.2 Å². The van der Waals surface area contributed by atoms with Crippen molar-refractivity contribution in [2.24, 2.45) is 0 Å². The van der Waals surface area contributed by atoms with Gasteiger partial charge in [-0.2, -0.15) is 0 Å².